The van der Waals surface area contributed by atoms with Crippen LogP contribution < -0.4 is 10.6 Å². The molecule has 1 unspecified atom stereocenters. The number of amides is 1. The molecule has 2 aromatic rings. The molecule has 6 nitrogen and oxygen atoms in total. The predicted octanol–water partition coefficient (Wildman–Crippen LogP) is 3.30. The number of aryl methyl sites for hydroxylation is 1. The Morgan fingerprint density at radius 1 is 1.17 bits per heavy atom. The fraction of sp³-hybridized carbons (Fsp3) is 0.417. The predicted molar refractivity (Wildman–Crippen MR) is 122 cm³/mol. The second kappa shape index (κ2) is 11.4. The molecular formula is C24H32N4O2. The molecule has 1 aliphatic rings. The maximum atomic E-state index is 12.3. The van der Waals surface area contributed by atoms with Crippen LogP contribution in [0.3, 0.4) is 0 Å². The SMILES string of the molecule is CCc1cccc(NC(=O)CNC(=NC)N2CCC(COCc3ccccc3)C2)c1. The largest absolute Gasteiger partial charge is 0.376 e. The van der Waals surface area contributed by atoms with Crippen LogP contribution in [0.25, 0.3) is 0 Å². The highest BCUT2D eigenvalue weighted by molar-refractivity contribution is 5.95. The van der Waals surface area contributed by atoms with Gasteiger partial charge in [-0.25, -0.2) is 0 Å². The molecule has 0 bridgehead atoms. The van der Waals surface area contributed by atoms with Crippen molar-refractivity contribution in [1.29, 1.82) is 0 Å². The standard InChI is InChI=1S/C24H32N4O2/c1-3-19-10-7-11-22(14-19)27-23(29)15-26-24(25-2)28-13-12-21(16-28)18-30-17-20-8-5-4-6-9-20/h4-11,14,21H,3,12-13,15-18H2,1-2H3,(H,25,26)(H,27,29). The average Bonchev–Trinajstić information content (AvgIpc) is 3.24. The van der Waals surface area contributed by atoms with Crippen LogP contribution in [-0.4, -0.2) is 50.1 Å². The number of carbonyl (C=O) groups is 1. The van der Waals surface area contributed by atoms with E-state index in [-0.39, 0.29) is 12.5 Å². The fourth-order valence-corrected chi connectivity index (χ4v) is 3.64. The zero-order valence-corrected chi connectivity index (χ0v) is 17.9. The lowest BCUT2D eigenvalue weighted by Gasteiger charge is -2.21. The Hall–Kier alpha value is -2.86. The van der Waals surface area contributed by atoms with E-state index >= 15 is 0 Å². The number of aliphatic imine (C=N–C) groups is 1. The molecule has 0 saturated carbocycles. The van der Waals surface area contributed by atoms with Gasteiger partial charge in [0.2, 0.25) is 5.91 Å². The second-order valence-corrected chi connectivity index (χ2v) is 7.60. The molecule has 0 aromatic heterocycles. The molecular weight excluding hydrogens is 376 g/mol. The number of nitrogens with zero attached hydrogens (tertiary/aromatic N) is 2. The monoisotopic (exact) mass is 408 g/mol. The van der Waals surface area contributed by atoms with Crippen LogP contribution in [0.2, 0.25) is 0 Å². The van der Waals surface area contributed by atoms with Crippen molar-refractivity contribution in [2.24, 2.45) is 10.9 Å². The number of rotatable bonds is 8. The number of guanidine groups is 1. The Morgan fingerprint density at radius 2 is 1.97 bits per heavy atom. The van der Waals surface area contributed by atoms with E-state index in [1.807, 2.05) is 36.4 Å². The van der Waals surface area contributed by atoms with Gasteiger partial charge in [-0.3, -0.25) is 9.79 Å². The number of carbonyl (C=O) groups excluding carboxylic acids is 1. The fourth-order valence-electron chi connectivity index (χ4n) is 3.64. The van der Waals surface area contributed by atoms with Crippen LogP contribution in [0.15, 0.2) is 59.6 Å². The third-order valence-corrected chi connectivity index (χ3v) is 5.29. The van der Waals surface area contributed by atoms with Crippen molar-refractivity contribution in [3.8, 4) is 0 Å². The van der Waals surface area contributed by atoms with Crippen molar-refractivity contribution >= 4 is 17.6 Å². The molecule has 2 N–H and O–H groups in total. The van der Waals surface area contributed by atoms with Crippen molar-refractivity contribution in [3.63, 3.8) is 0 Å². The maximum Gasteiger partial charge on any atom is 0.243 e. The van der Waals surface area contributed by atoms with Crippen molar-refractivity contribution < 1.29 is 9.53 Å². The van der Waals surface area contributed by atoms with E-state index in [9.17, 15) is 4.79 Å². The van der Waals surface area contributed by atoms with Gasteiger partial charge in [-0.05, 0) is 36.1 Å². The highest BCUT2D eigenvalue weighted by Gasteiger charge is 2.25. The Kier molecular flexibility index (Phi) is 8.27. The van der Waals surface area contributed by atoms with Gasteiger partial charge in [0.15, 0.2) is 5.96 Å². The zero-order valence-electron chi connectivity index (χ0n) is 17.9. The van der Waals surface area contributed by atoms with Crippen molar-refractivity contribution in [1.82, 2.24) is 10.2 Å². The molecule has 0 radical (unpaired) electrons. The molecule has 3 rings (SSSR count). The lowest BCUT2D eigenvalue weighted by Crippen LogP contribution is -2.43. The van der Waals surface area contributed by atoms with E-state index < -0.39 is 0 Å². The summed E-state index contributed by atoms with van der Waals surface area (Å²) in [6.07, 6.45) is 2.01. The summed E-state index contributed by atoms with van der Waals surface area (Å²) in [5, 5.41) is 6.13. The molecule has 6 heteroatoms. The summed E-state index contributed by atoms with van der Waals surface area (Å²) in [4.78, 5) is 18.9. The Morgan fingerprint density at radius 3 is 2.73 bits per heavy atom. The molecule has 2 aromatic carbocycles. The van der Waals surface area contributed by atoms with Crippen LogP contribution in [0.5, 0.6) is 0 Å². The average molecular weight is 409 g/mol. The molecule has 1 amide bonds. The second-order valence-electron chi connectivity index (χ2n) is 7.60. The summed E-state index contributed by atoms with van der Waals surface area (Å²) in [6, 6.07) is 18.2. The number of hydrogen-bond donors (Lipinski definition) is 2. The van der Waals surface area contributed by atoms with E-state index in [4.69, 9.17) is 4.74 Å². The highest BCUT2D eigenvalue weighted by atomic mass is 16.5. The molecule has 30 heavy (non-hydrogen) atoms. The summed E-state index contributed by atoms with van der Waals surface area (Å²) in [5.41, 5.74) is 3.22. The van der Waals surface area contributed by atoms with Gasteiger partial charge in [-0.2, -0.15) is 0 Å². The molecule has 0 spiro atoms. The van der Waals surface area contributed by atoms with Gasteiger partial charge >= 0.3 is 0 Å². The van der Waals surface area contributed by atoms with Gasteiger partial charge in [0.25, 0.3) is 0 Å². The molecule has 1 aliphatic heterocycles. The van der Waals surface area contributed by atoms with Crippen LogP contribution in [-0.2, 0) is 22.6 Å². The van der Waals surface area contributed by atoms with Gasteiger partial charge in [0.1, 0.15) is 0 Å². The summed E-state index contributed by atoms with van der Waals surface area (Å²) >= 11 is 0. The maximum absolute atomic E-state index is 12.3. The highest BCUT2D eigenvalue weighted by Crippen LogP contribution is 2.17. The van der Waals surface area contributed by atoms with Crippen LogP contribution in [0, 0.1) is 5.92 Å². The molecule has 1 heterocycles. The minimum atomic E-state index is -0.0775. The molecule has 1 saturated heterocycles. The first-order valence-electron chi connectivity index (χ1n) is 10.6. The van der Waals surface area contributed by atoms with E-state index in [0.717, 1.165) is 44.2 Å². The van der Waals surface area contributed by atoms with Crippen LogP contribution in [0.4, 0.5) is 5.69 Å². The quantitative estimate of drug-likeness (QED) is 0.520. The molecule has 0 aliphatic carbocycles. The lowest BCUT2D eigenvalue weighted by atomic mass is 10.1. The number of anilines is 1. The number of ether oxygens (including phenoxy) is 1. The van der Waals surface area contributed by atoms with Crippen molar-refractivity contribution in [2.75, 3.05) is 38.6 Å². The molecule has 160 valence electrons. The zero-order chi connectivity index (χ0) is 21.2. The normalized spacial score (nSPS) is 16.5. The smallest absolute Gasteiger partial charge is 0.243 e. The first kappa shape index (κ1) is 21.8. The van der Waals surface area contributed by atoms with E-state index in [1.54, 1.807) is 7.05 Å². The molecule has 1 fully saturated rings. The summed E-state index contributed by atoms with van der Waals surface area (Å²) in [6.45, 7) is 5.46. The number of likely N-dealkylation sites (tertiary alicyclic amines) is 1. The third kappa shape index (κ3) is 6.59. The first-order chi connectivity index (χ1) is 14.7. The third-order valence-electron chi connectivity index (χ3n) is 5.29. The topological polar surface area (TPSA) is 66.0 Å². The minimum Gasteiger partial charge on any atom is -0.376 e. The Labute approximate surface area is 179 Å². The summed E-state index contributed by atoms with van der Waals surface area (Å²) < 4.78 is 5.90. The van der Waals surface area contributed by atoms with Gasteiger partial charge in [-0.1, -0.05) is 49.4 Å². The van der Waals surface area contributed by atoms with Gasteiger partial charge < -0.3 is 20.3 Å². The van der Waals surface area contributed by atoms with E-state index in [1.165, 1.54) is 11.1 Å². The first-order valence-corrected chi connectivity index (χ1v) is 10.6. The van der Waals surface area contributed by atoms with Crippen molar-refractivity contribution in [3.05, 3.63) is 65.7 Å². The van der Waals surface area contributed by atoms with Gasteiger partial charge in [-0.15, -0.1) is 0 Å². The van der Waals surface area contributed by atoms with Crippen LogP contribution >= 0.6 is 0 Å². The summed E-state index contributed by atoms with van der Waals surface area (Å²) in [5.74, 6) is 1.15. The Balaban J connectivity index is 1.39. The Bertz CT molecular complexity index is 838. The van der Waals surface area contributed by atoms with Crippen molar-refractivity contribution in [2.45, 2.75) is 26.4 Å². The number of hydrogen-bond acceptors (Lipinski definition) is 3. The van der Waals surface area contributed by atoms with Crippen LogP contribution in [0.1, 0.15) is 24.5 Å². The van der Waals surface area contributed by atoms with E-state index in [0.29, 0.717) is 12.5 Å². The van der Waals surface area contributed by atoms with Gasteiger partial charge in [0.05, 0.1) is 19.8 Å². The minimum absolute atomic E-state index is 0.0775. The van der Waals surface area contributed by atoms with E-state index in [2.05, 4.69) is 45.6 Å². The summed E-state index contributed by atoms with van der Waals surface area (Å²) in [7, 11) is 1.75. The van der Waals surface area contributed by atoms with Gasteiger partial charge in [0, 0.05) is 31.7 Å². The number of benzene rings is 2. The lowest BCUT2D eigenvalue weighted by molar-refractivity contribution is -0.115. The molecule has 1 atom stereocenters. The number of nitrogens with one attached hydrogen (secondary N) is 2.